The lowest BCUT2D eigenvalue weighted by molar-refractivity contribution is 0.808. The molecule has 3 heteroatoms. The van der Waals surface area contributed by atoms with Crippen LogP contribution in [-0.4, -0.2) is 7.42 Å². The number of benzene rings is 3. The molecule has 0 aliphatic carbocycles. The maximum Gasteiger partial charge on any atom is 0.266 e. The molecule has 116 valence electrons. The zero-order chi connectivity index (χ0) is 16.1. The van der Waals surface area contributed by atoms with Crippen LogP contribution in [0.25, 0.3) is 0 Å². The Morgan fingerprint density at radius 1 is 0.652 bits per heavy atom. The van der Waals surface area contributed by atoms with Gasteiger partial charge in [-0.3, -0.25) is 0 Å². The van der Waals surface area contributed by atoms with Crippen LogP contribution in [0.15, 0.2) is 84.9 Å². The molecule has 0 saturated heterocycles. The Hall–Kier alpha value is -1.54. The first-order chi connectivity index (χ1) is 11.3. The monoisotopic (exact) mass is 356 g/mol. The van der Waals surface area contributed by atoms with Crippen molar-refractivity contribution in [1.82, 2.24) is 0 Å². The molecule has 0 radical (unpaired) electrons. The minimum atomic E-state index is -1.87. The van der Waals surface area contributed by atoms with Crippen molar-refractivity contribution in [2.75, 3.05) is 0 Å². The van der Waals surface area contributed by atoms with E-state index in [4.69, 9.17) is 22.2 Å². The summed E-state index contributed by atoms with van der Waals surface area (Å²) in [6.07, 6.45) is 0.910. The highest BCUT2D eigenvalue weighted by Crippen LogP contribution is 2.28. The second-order valence-corrected chi connectivity index (χ2v) is 10.1. The topological polar surface area (TPSA) is 0 Å². The average molecular weight is 357 g/mol. The highest BCUT2D eigenvalue weighted by atomic mass is 35.7. The van der Waals surface area contributed by atoms with Crippen LogP contribution in [0, 0.1) is 0 Å². The highest BCUT2D eigenvalue weighted by molar-refractivity contribution is 7.39. The Kier molecular flexibility index (Phi) is 5.55. The molecule has 0 bridgehead atoms. The average Bonchev–Trinajstić information content (AvgIpc) is 2.61. The second-order valence-electron chi connectivity index (χ2n) is 5.58. The van der Waals surface area contributed by atoms with Crippen molar-refractivity contribution < 1.29 is 0 Å². The minimum Gasteiger partial charge on any atom is -0.144 e. The summed E-state index contributed by atoms with van der Waals surface area (Å²) in [6.45, 7) is 0. The second kappa shape index (κ2) is 7.83. The smallest absolute Gasteiger partial charge is 0.144 e. The van der Waals surface area contributed by atoms with Gasteiger partial charge >= 0.3 is 0 Å². The molecule has 0 atom stereocenters. The third-order valence-corrected chi connectivity index (χ3v) is 6.56. The van der Waals surface area contributed by atoms with Crippen LogP contribution in [0.2, 0.25) is 0 Å². The van der Waals surface area contributed by atoms with E-state index in [9.17, 15) is 0 Å². The van der Waals surface area contributed by atoms with Crippen LogP contribution in [0.1, 0.15) is 22.6 Å². The van der Waals surface area contributed by atoms with Crippen LogP contribution >= 0.6 is 22.2 Å². The molecule has 0 nitrogen and oxygen atoms in total. The molecular weight excluding hydrogens is 339 g/mol. The van der Waals surface area contributed by atoms with Crippen molar-refractivity contribution in [3.63, 3.8) is 0 Å². The Balaban J connectivity index is 2.01. The lowest BCUT2D eigenvalue weighted by Crippen LogP contribution is -2.24. The molecule has 0 N–H and O–H groups in total. The molecule has 0 aromatic heterocycles. The van der Waals surface area contributed by atoms with E-state index in [0.29, 0.717) is 5.92 Å². The Morgan fingerprint density at radius 2 is 1.13 bits per heavy atom. The Labute approximate surface area is 148 Å². The summed E-state index contributed by atoms with van der Waals surface area (Å²) in [6, 6.07) is 29.6. The molecule has 0 fully saturated rings. The first-order valence-corrected chi connectivity index (χ1v) is 11.8. The van der Waals surface area contributed by atoms with Crippen molar-refractivity contribution in [2.45, 2.75) is 12.3 Å². The van der Waals surface area contributed by atoms with Crippen molar-refractivity contribution in [1.29, 1.82) is 0 Å². The van der Waals surface area contributed by atoms with Crippen molar-refractivity contribution in [3.05, 3.63) is 102 Å². The minimum absolute atomic E-state index is 0.305. The van der Waals surface area contributed by atoms with E-state index in [-0.39, 0.29) is 0 Å². The van der Waals surface area contributed by atoms with Gasteiger partial charge in [-0.05, 0) is 28.3 Å². The number of rotatable bonds is 5. The van der Waals surface area contributed by atoms with Gasteiger partial charge in [0.05, 0.1) is 0 Å². The Morgan fingerprint density at radius 3 is 1.65 bits per heavy atom. The van der Waals surface area contributed by atoms with Gasteiger partial charge in [0.1, 0.15) is 0 Å². The van der Waals surface area contributed by atoms with Gasteiger partial charge in [0, 0.05) is 5.92 Å². The van der Waals surface area contributed by atoms with Gasteiger partial charge in [0.2, 0.25) is 0 Å². The van der Waals surface area contributed by atoms with Gasteiger partial charge in [-0.2, -0.15) is 0 Å². The molecule has 3 aromatic carbocycles. The highest BCUT2D eigenvalue weighted by Gasteiger charge is 2.18. The first-order valence-electron chi connectivity index (χ1n) is 7.71. The van der Waals surface area contributed by atoms with Crippen LogP contribution in [0.5, 0.6) is 0 Å². The lowest BCUT2D eigenvalue weighted by Gasteiger charge is -2.20. The van der Waals surface area contributed by atoms with Gasteiger partial charge in [-0.25, -0.2) is 0 Å². The molecule has 0 heterocycles. The van der Waals surface area contributed by atoms with E-state index in [2.05, 4.69) is 78.9 Å². The summed E-state index contributed by atoms with van der Waals surface area (Å²) in [4.78, 5) is 0. The zero-order valence-corrected chi connectivity index (χ0v) is 15.4. The SMILES string of the molecule is Cl[SiH](Cl)c1ccccc1CC(c1ccccc1)c1ccccc1. The van der Waals surface area contributed by atoms with Crippen LogP contribution in [-0.2, 0) is 6.42 Å². The quantitative estimate of drug-likeness (QED) is 0.447. The standard InChI is InChI=1S/C20H18Cl2Si/c21-23(22)20-14-8-7-13-18(20)15-19(16-9-3-1-4-10-16)17-11-5-2-6-12-17/h1-14,19,23H,15H2. The van der Waals surface area contributed by atoms with Crippen LogP contribution in [0.3, 0.4) is 0 Å². The number of halogens is 2. The third-order valence-electron chi connectivity index (χ3n) is 4.12. The van der Waals surface area contributed by atoms with Crippen LogP contribution in [0.4, 0.5) is 0 Å². The summed E-state index contributed by atoms with van der Waals surface area (Å²) in [5, 5.41) is 1.13. The number of hydrogen-bond donors (Lipinski definition) is 0. The third kappa shape index (κ3) is 4.05. The fourth-order valence-corrected chi connectivity index (χ4v) is 4.98. The molecule has 0 spiro atoms. The van der Waals surface area contributed by atoms with E-state index in [1.54, 1.807) is 0 Å². The fourth-order valence-electron chi connectivity index (χ4n) is 2.95. The normalized spacial score (nSPS) is 11.1. The Bertz CT molecular complexity index is 702. The van der Waals surface area contributed by atoms with Crippen molar-refractivity contribution >= 4 is 34.8 Å². The maximum atomic E-state index is 6.29. The molecule has 23 heavy (non-hydrogen) atoms. The van der Waals surface area contributed by atoms with Gasteiger partial charge in [-0.15, -0.1) is 22.2 Å². The van der Waals surface area contributed by atoms with Crippen LogP contribution < -0.4 is 5.19 Å². The fraction of sp³-hybridized carbons (Fsp3) is 0.100. The molecule has 3 aromatic rings. The molecule has 0 aliphatic rings. The molecular formula is C20H18Cl2Si. The summed E-state index contributed by atoms with van der Waals surface area (Å²) in [7, 11) is -1.87. The largest absolute Gasteiger partial charge is 0.266 e. The number of hydrogen-bond acceptors (Lipinski definition) is 0. The van der Waals surface area contributed by atoms with Gasteiger partial charge in [0.15, 0.2) is 0 Å². The molecule has 0 unspecified atom stereocenters. The summed E-state index contributed by atoms with van der Waals surface area (Å²) in [5.74, 6) is 0.305. The molecule has 0 aliphatic heterocycles. The molecule has 0 amide bonds. The van der Waals surface area contributed by atoms with Gasteiger partial charge < -0.3 is 0 Å². The zero-order valence-electron chi connectivity index (χ0n) is 12.7. The first kappa shape index (κ1) is 16.3. The van der Waals surface area contributed by atoms with E-state index >= 15 is 0 Å². The predicted octanol–water partition coefficient (Wildman–Crippen LogP) is 4.97. The van der Waals surface area contributed by atoms with Gasteiger partial charge in [-0.1, -0.05) is 84.9 Å². The van der Waals surface area contributed by atoms with Crippen molar-refractivity contribution in [3.8, 4) is 0 Å². The predicted molar refractivity (Wildman–Crippen MR) is 103 cm³/mol. The molecule has 0 saturated carbocycles. The van der Waals surface area contributed by atoms with E-state index in [0.717, 1.165) is 11.6 Å². The van der Waals surface area contributed by atoms with E-state index in [1.807, 2.05) is 6.07 Å². The van der Waals surface area contributed by atoms with E-state index < -0.39 is 7.42 Å². The summed E-state index contributed by atoms with van der Waals surface area (Å²) >= 11 is 12.6. The van der Waals surface area contributed by atoms with E-state index in [1.165, 1.54) is 16.7 Å². The summed E-state index contributed by atoms with van der Waals surface area (Å²) < 4.78 is 0. The lowest BCUT2D eigenvalue weighted by atomic mass is 9.86. The molecule has 3 rings (SSSR count). The van der Waals surface area contributed by atoms with Gasteiger partial charge in [0.25, 0.3) is 7.42 Å². The van der Waals surface area contributed by atoms with Crippen molar-refractivity contribution in [2.24, 2.45) is 0 Å². The maximum absolute atomic E-state index is 6.29. The summed E-state index contributed by atoms with van der Waals surface area (Å²) in [5.41, 5.74) is 3.89.